The van der Waals surface area contributed by atoms with Crippen molar-refractivity contribution >= 4 is 23.2 Å². The van der Waals surface area contributed by atoms with Gasteiger partial charge in [-0.05, 0) is 37.3 Å². The number of esters is 1. The second-order valence-electron chi connectivity index (χ2n) is 7.32. The third kappa shape index (κ3) is 7.02. The van der Waals surface area contributed by atoms with E-state index < -0.39 is 6.10 Å². The first-order chi connectivity index (χ1) is 14.0. The van der Waals surface area contributed by atoms with Crippen LogP contribution in [0.15, 0.2) is 24.3 Å². The minimum Gasteiger partial charge on any atom is -0.465 e. The van der Waals surface area contributed by atoms with Crippen LogP contribution in [-0.4, -0.2) is 47.7 Å². The molecule has 1 N–H and O–H groups in total. The van der Waals surface area contributed by atoms with Gasteiger partial charge >= 0.3 is 5.97 Å². The maximum Gasteiger partial charge on any atom is 0.348 e. The highest BCUT2D eigenvalue weighted by molar-refractivity contribution is 7.13. The SMILES string of the molecule is CCC#CCC(C)[C@@H](O)C=CC1CCC(=O)N1CCCc1ccc(C(=O)OC)s1. The Kier molecular flexibility index (Phi) is 9.43. The number of ether oxygens (including phenoxy) is 1. The van der Waals surface area contributed by atoms with Crippen LogP contribution in [0.5, 0.6) is 0 Å². The summed E-state index contributed by atoms with van der Waals surface area (Å²) in [5.41, 5.74) is 0. The Morgan fingerprint density at radius 3 is 2.97 bits per heavy atom. The number of aliphatic hydroxyl groups excluding tert-OH is 1. The normalized spacial score (nSPS) is 18.6. The van der Waals surface area contributed by atoms with E-state index in [1.165, 1.54) is 18.4 Å². The molecular weight excluding hydrogens is 386 g/mol. The summed E-state index contributed by atoms with van der Waals surface area (Å²) in [6.07, 6.45) is 7.72. The number of hydrogen-bond donors (Lipinski definition) is 1. The number of nitrogens with zero attached hydrogens (tertiary/aromatic N) is 1. The van der Waals surface area contributed by atoms with Crippen LogP contribution in [0.2, 0.25) is 0 Å². The summed E-state index contributed by atoms with van der Waals surface area (Å²) >= 11 is 1.44. The molecule has 1 aromatic heterocycles. The zero-order chi connectivity index (χ0) is 21.2. The van der Waals surface area contributed by atoms with E-state index >= 15 is 0 Å². The Bertz CT molecular complexity index is 773. The minimum atomic E-state index is -0.554. The lowest BCUT2D eigenvalue weighted by Crippen LogP contribution is -2.33. The molecule has 1 saturated heterocycles. The molecule has 1 aliphatic rings. The second kappa shape index (κ2) is 11.8. The molecule has 3 atom stereocenters. The second-order valence-corrected chi connectivity index (χ2v) is 8.49. The number of likely N-dealkylation sites (tertiary alicyclic amines) is 1. The number of rotatable bonds is 9. The smallest absolute Gasteiger partial charge is 0.348 e. The van der Waals surface area contributed by atoms with Crippen molar-refractivity contribution in [2.45, 2.75) is 64.5 Å². The molecule has 0 radical (unpaired) electrons. The molecule has 1 aliphatic heterocycles. The zero-order valence-corrected chi connectivity index (χ0v) is 18.3. The van der Waals surface area contributed by atoms with Crippen LogP contribution in [0.1, 0.15) is 60.5 Å². The van der Waals surface area contributed by atoms with E-state index in [2.05, 4.69) is 11.8 Å². The lowest BCUT2D eigenvalue weighted by atomic mass is 10.00. The van der Waals surface area contributed by atoms with Crippen LogP contribution in [0.3, 0.4) is 0 Å². The van der Waals surface area contributed by atoms with Crippen molar-refractivity contribution in [3.8, 4) is 11.8 Å². The summed E-state index contributed by atoms with van der Waals surface area (Å²) in [4.78, 5) is 27.4. The molecule has 0 saturated carbocycles. The predicted octanol–water partition coefficient (Wildman–Crippen LogP) is 3.82. The molecule has 158 valence electrons. The number of thiophene rings is 1. The first-order valence-corrected chi connectivity index (χ1v) is 11.1. The third-order valence-corrected chi connectivity index (χ3v) is 6.21. The van der Waals surface area contributed by atoms with Crippen molar-refractivity contribution in [1.29, 1.82) is 0 Å². The van der Waals surface area contributed by atoms with E-state index in [-0.39, 0.29) is 23.8 Å². The molecule has 5 nitrogen and oxygen atoms in total. The monoisotopic (exact) mass is 417 g/mol. The zero-order valence-electron chi connectivity index (χ0n) is 17.5. The quantitative estimate of drug-likeness (QED) is 0.377. The summed E-state index contributed by atoms with van der Waals surface area (Å²) in [7, 11) is 1.38. The van der Waals surface area contributed by atoms with Gasteiger partial charge in [0.2, 0.25) is 5.91 Å². The van der Waals surface area contributed by atoms with Crippen molar-refractivity contribution in [3.63, 3.8) is 0 Å². The Labute approximate surface area is 177 Å². The van der Waals surface area contributed by atoms with Gasteiger partial charge in [-0.2, -0.15) is 0 Å². The van der Waals surface area contributed by atoms with Gasteiger partial charge in [0, 0.05) is 30.7 Å². The van der Waals surface area contributed by atoms with Gasteiger partial charge in [-0.3, -0.25) is 4.79 Å². The van der Waals surface area contributed by atoms with Crippen molar-refractivity contribution in [3.05, 3.63) is 34.0 Å². The fraction of sp³-hybridized carbons (Fsp3) is 0.565. The lowest BCUT2D eigenvalue weighted by Gasteiger charge is -2.23. The molecule has 1 aromatic rings. The van der Waals surface area contributed by atoms with Crippen LogP contribution >= 0.6 is 11.3 Å². The van der Waals surface area contributed by atoms with Crippen molar-refractivity contribution in [2.24, 2.45) is 5.92 Å². The number of amides is 1. The standard InChI is InChI=1S/C23H31NO4S/c1-4-5-6-8-17(2)20(25)13-10-18-11-15-22(26)24(18)16-7-9-19-12-14-21(29-19)23(27)28-3/h10,12-14,17-18,20,25H,4,7-9,11,15-16H2,1-3H3/t17?,18?,20-/m0/s1. The summed E-state index contributed by atoms with van der Waals surface area (Å²) < 4.78 is 4.74. The number of methoxy groups -OCH3 is 1. The van der Waals surface area contributed by atoms with Crippen LogP contribution < -0.4 is 0 Å². The van der Waals surface area contributed by atoms with Gasteiger partial charge < -0.3 is 14.7 Å². The Hall–Kier alpha value is -2.10. The maximum absolute atomic E-state index is 12.3. The largest absolute Gasteiger partial charge is 0.465 e. The van der Waals surface area contributed by atoms with Crippen LogP contribution in [0.25, 0.3) is 0 Å². The van der Waals surface area contributed by atoms with Crippen LogP contribution in [0, 0.1) is 17.8 Å². The van der Waals surface area contributed by atoms with Crippen LogP contribution in [0.4, 0.5) is 0 Å². The highest BCUT2D eigenvalue weighted by atomic mass is 32.1. The number of carbonyl (C=O) groups excluding carboxylic acids is 2. The molecular formula is C23H31NO4S. The van der Waals surface area contributed by atoms with Gasteiger partial charge in [0.25, 0.3) is 0 Å². The van der Waals surface area contributed by atoms with Gasteiger partial charge in [-0.25, -0.2) is 4.79 Å². The molecule has 0 spiro atoms. The molecule has 1 fully saturated rings. The molecule has 0 aromatic carbocycles. The van der Waals surface area contributed by atoms with Crippen molar-refractivity contribution in [1.82, 2.24) is 4.90 Å². The van der Waals surface area contributed by atoms with E-state index in [0.29, 0.717) is 24.3 Å². The summed E-state index contributed by atoms with van der Waals surface area (Å²) in [5.74, 6) is 6.03. The molecule has 0 aliphatic carbocycles. The molecule has 29 heavy (non-hydrogen) atoms. The Morgan fingerprint density at radius 1 is 1.45 bits per heavy atom. The van der Waals surface area contributed by atoms with E-state index in [1.54, 1.807) is 6.07 Å². The number of aliphatic hydroxyl groups is 1. The number of carbonyl (C=O) groups is 2. The van der Waals surface area contributed by atoms with Gasteiger partial charge in [0.05, 0.1) is 19.3 Å². The molecule has 6 heteroatoms. The van der Waals surface area contributed by atoms with Crippen molar-refractivity contribution < 1.29 is 19.4 Å². The van der Waals surface area contributed by atoms with Gasteiger partial charge in [-0.15, -0.1) is 23.2 Å². The van der Waals surface area contributed by atoms with Crippen molar-refractivity contribution in [2.75, 3.05) is 13.7 Å². The first-order valence-electron chi connectivity index (χ1n) is 10.2. The fourth-order valence-electron chi connectivity index (χ4n) is 3.30. The topological polar surface area (TPSA) is 66.8 Å². The first kappa shape index (κ1) is 23.2. The molecule has 2 rings (SSSR count). The Morgan fingerprint density at radius 2 is 2.24 bits per heavy atom. The maximum atomic E-state index is 12.3. The highest BCUT2D eigenvalue weighted by Crippen LogP contribution is 2.23. The fourth-order valence-corrected chi connectivity index (χ4v) is 4.27. The van der Waals surface area contributed by atoms with E-state index in [4.69, 9.17) is 4.74 Å². The molecule has 2 unspecified atom stereocenters. The number of hydrogen-bond acceptors (Lipinski definition) is 5. The minimum absolute atomic E-state index is 0.0417. The van der Waals surface area contributed by atoms with Gasteiger partial charge in [0.15, 0.2) is 0 Å². The lowest BCUT2D eigenvalue weighted by molar-refractivity contribution is -0.128. The summed E-state index contributed by atoms with van der Waals surface area (Å²) in [6, 6.07) is 3.77. The van der Waals surface area contributed by atoms with Gasteiger partial charge in [-0.1, -0.05) is 26.0 Å². The predicted molar refractivity (Wildman–Crippen MR) is 116 cm³/mol. The molecule has 0 bridgehead atoms. The average molecular weight is 418 g/mol. The van der Waals surface area contributed by atoms with Gasteiger partial charge in [0.1, 0.15) is 4.88 Å². The van der Waals surface area contributed by atoms with Crippen LogP contribution in [-0.2, 0) is 16.0 Å². The highest BCUT2D eigenvalue weighted by Gasteiger charge is 2.28. The van der Waals surface area contributed by atoms with E-state index in [9.17, 15) is 14.7 Å². The summed E-state index contributed by atoms with van der Waals surface area (Å²) in [6.45, 7) is 4.67. The molecule has 2 heterocycles. The number of aryl methyl sites for hydroxylation is 1. The van der Waals surface area contributed by atoms with E-state index in [0.717, 1.165) is 30.6 Å². The third-order valence-electron chi connectivity index (χ3n) is 5.08. The Balaban J connectivity index is 1.85. The average Bonchev–Trinajstić information content (AvgIpc) is 3.33. The van der Waals surface area contributed by atoms with E-state index in [1.807, 2.05) is 37.0 Å². The summed E-state index contributed by atoms with van der Waals surface area (Å²) in [5, 5.41) is 10.3. The molecule has 1 amide bonds.